The first-order chi connectivity index (χ1) is 12.5. The number of aliphatic carboxylic acids is 1. The van der Waals surface area contributed by atoms with Gasteiger partial charge in [0.15, 0.2) is 0 Å². The maximum absolute atomic E-state index is 11.1. The highest BCUT2D eigenvalue weighted by atomic mass is 16.5. The van der Waals surface area contributed by atoms with Crippen LogP contribution < -0.4 is 0 Å². The number of aliphatic hydroxyl groups excluding tert-OH is 2. The van der Waals surface area contributed by atoms with Gasteiger partial charge in [-0.05, 0) is 18.1 Å². The summed E-state index contributed by atoms with van der Waals surface area (Å²) in [6, 6.07) is 9.31. The van der Waals surface area contributed by atoms with E-state index >= 15 is 0 Å². The van der Waals surface area contributed by atoms with Gasteiger partial charge >= 0.3 is 11.9 Å². The van der Waals surface area contributed by atoms with E-state index < -0.39 is 12.1 Å². The van der Waals surface area contributed by atoms with Crippen molar-refractivity contribution in [3.8, 4) is 0 Å². The molecule has 0 spiro atoms. The highest BCUT2D eigenvalue weighted by molar-refractivity contribution is 5.85. The molecular weight excluding hydrogens is 336 g/mol. The van der Waals surface area contributed by atoms with Crippen LogP contribution in [0.5, 0.6) is 0 Å². The van der Waals surface area contributed by atoms with Gasteiger partial charge in [-0.1, -0.05) is 62.9 Å². The van der Waals surface area contributed by atoms with Gasteiger partial charge in [-0.3, -0.25) is 4.79 Å². The Morgan fingerprint density at radius 3 is 2.35 bits per heavy atom. The van der Waals surface area contributed by atoms with Crippen molar-refractivity contribution >= 4 is 18.0 Å². The van der Waals surface area contributed by atoms with Gasteiger partial charge in [0.2, 0.25) is 0 Å². The van der Waals surface area contributed by atoms with Gasteiger partial charge in [-0.25, -0.2) is 4.79 Å². The molecule has 0 saturated carbocycles. The molecule has 0 radical (unpaired) electrons. The molecule has 0 heterocycles. The van der Waals surface area contributed by atoms with Crippen molar-refractivity contribution < 1.29 is 29.6 Å². The van der Waals surface area contributed by atoms with E-state index in [0.717, 1.165) is 30.9 Å². The minimum absolute atomic E-state index is 0.107. The quantitative estimate of drug-likeness (QED) is 0.316. The largest absolute Gasteiger partial charge is 0.478 e. The number of carboxylic acids is 1. The predicted octanol–water partition coefficient (Wildman–Crippen LogP) is 3.03. The molecule has 1 aromatic rings. The van der Waals surface area contributed by atoms with Gasteiger partial charge < -0.3 is 20.1 Å². The molecule has 0 bridgehead atoms. The SMILES string of the molecule is CCCCCCCC(=O)OCC(O)CO.O=C(O)C=Cc1ccccc1. The van der Waals surface area contributed by atoms with Crippen LogP contribution in [0.4, 0.5) is 0 Å². The van der Waals surface area contributed by atoms with Gasteiger partial charge in [0.25, 0.3) is 0 Å². The third kappa shape index (κ3) is 15.4. The van der Waals surface area contributed by atoms with E-state index in [-0.39, 0.29) is 19.2 Å². The second-order valence-corrected chi connectivity index (χ2v) is 5.77. The molecular formula is C20H30O6. The lowest BCUT2D eigenvalue weighted by molar-refractivity contribution is -0.147. The number of benzene rings is 1. The number of carboxylic acid groups (broad SMARTS) is 1. The fourth-order valence-electron chi connectivity index (χ4n) is 1.92. The number of hydrogen-bond donors (Lipinski definition) is 3. The van der Waals surface area contributed by atoms with Crippen molar-refractivity contribution in [3.05, 3.63) is 42.0 Å². The number of esters is 1. The second kappa shape index (κ2) is 16.3. The third-order valence-corrected chi connectivity index (χ3v) is 3.35. The van der Waals surface area contributed by atoms with E-state index in [2.05, 4.69) is 6.92 Å². The fourth-order valence-corrected chi connectivity index (χ4v) is 1.92. The smallest absolute Gasteiger partial charge is 0.328 e. The van der Waals surface area contributed by atoms with Crippen LogP contribution in [0.15, 0.2) is 36.4 Å². The Morgan fingerprint density at radius 1 is 1.12 bits per heavy atom. The third-order valence-electron chi connectivity index (χ3n) is 3.35. The van der Waals surface area contributed by atoms with Crippen molar-refractivity contribution in [1.29, 1.82) is 0 Å². The molecule has 0 aliphatic carbocycles. The van der Waals surface area contributed by atoms with E-state index in [1.165, 1.54) is 12.8 Å². The molecule has 3 N–H and O–H groups in total. The lowest BCUT2D eigenvalue weighted by Crippen LogP contribution is -2.21. The minimum atomic E-state index is -0.950. The first kappa shape index (κ1) is 23.8. The Bertz CT molecular complexity index is 512. The number of hydrogen-bond acceptors (Lipinski definition) is 5. The average Bonchev–Trinajstić information content (AvgIpc) is 2.65. The summed E-state index contributed by atoms with van der Waals surface area (Å²) in [4.78, 5) is 21.2. The summed E-state index contributed by atoms with van der Waals surface area (Å²) in [5.74, 6) is -1.21. The van der Waals surface area contributed by atoms with Crippen LogP contribution in [0, 0.1) is 0 Å². The zero-order chi connectivity index (χ0) is 19.6. The van der Waals surface area contributed by atoms with Gasteiger partial charge in [-0.15, -0.1) is 0 Å². The number of rotatable bonds is 11. The van der Waals surface area contributed by atoms with Crippen LogP contribution in [0.2, 0.25) is 0 Å². The molecule has 0 fully saturated rings. The molecule has 6 nitrogen and oxygen atoms in total. The van der Waals surface area contributed by atoms with Crippen molar-refractivity contribution in [2.45, 2.75) is 51.6 Å². The van der Waals surface area contributed by atoms with Gasteiger partial charge in [0.05, 0.1) is 6.61 Å². The van der Waals surface area contributed by atoms with Crippen molar-refractivity contribution in [2.75, 3.05) is 13.2 Å². The number of unbranched alkanes of at least 4 members (excludes halogenated alkanes) is 4. The topological polar surface area (TPSA) is 104 Å². The normalized spacial score (nSPS) is 11.5. The highest BCUT2D eigenvalue weighted by Crippen LogP contribution is 2.05. The lowest BCUT2D eigenvalue weighted by atomic mass is 10.1. The van der Waals surface area contributed by atoms with Crippen LogP contribution in [0.1, 0.15) is 51.0 Å². The predicted molar refractivity (Wildman–Crippen MR) is 101 cm³/mol. The van der Waals surface area contributed by atoms with E-state index in [1.54, 1.807) is 6.08 Å². The molecule has 1 aromatic carbocycles. The standard InChI is InChI=1S/C11H22O4.C9H8O2/c1-2-3-4-5-6-7-11(14)15-9-10(13)8-12;10-9(11)7-6-8-4-2-1-3-5-8/h10,12-13H,2-9H2,1H3;1-7H,(H,10,11). The van der Waals surface area contributed by atoms with E-state index in [1.807, 2.05) is 30.3 Å². The van der Waals surface area contributed by atoms with Crippen LogP contribution in [0.3, 0.4) is 0 Å². The number of aliphatic hydroxyl groups is 2. The van der Waals surface area contributed by atoms with Gasteiger partial charge in [-0.2, -0.15) is 0 Å². The molecule has 0 amide bonds. The summed E-state index contributed by atoms with van der Waals surface area (Å²) in [6.07, 6.45) is 7.57. The highest BCUT2D eigenvalue weighted by Gasteiger charge is 2.07. The summed E-state index contributed by atoms with van der Waals surface area (Å²) in [5.41, 5.74) is 0.898. The summed E-state index contributed by atoms with van der Waals surface area (Å²) in [7, 11) is 0. The van der Waals surface area contributed by atoms with Crippen LogP contribution >= 0.6 is 0 Å². The Kier molecular flexibility index (Phi) is 14.9. The summed E-state index contributed by atoms with van der Waals surface area (Å²) in [6.45, 7) is 1.67. The van der Waals surface area contributed by atoms with Crippen LogP contribution in [-0.2, 0) is 14.3 Å². The van der Waals surface area contributed by atoms with Crippen molar-refractivity contribution in [1.82, 2.24) is 0 Å². The minimum Gasteiger partial charge on any atom is -0.478 e. The number of carbonyl (C=O) groups is 2. The number of carbonyl (C=O) groups excluding carboxylic acids is 1. The second-order valence-electron chi connectivity index (χ2n) is 5.77. The van der Waals surface area contributed by atoms with E-state index in [4.69, 9.17) is 20.1 Å². The van der Waals surface area contributed by atoms with Crippen molar-refractivity contribution in [2.24, 2.45) is 0 Å². The Labute approximate surface area is 155 Å². The zero-order valence-electron chi connectivity index (χ0n) is 15.3. The Balaban J connectivity index is 0.000000502. The van der Waals surface area contributed by atoms with Gasteiger partial charge in [0.1, 0.15) is 12.7 Å². The summed E-state index contributed by atoms with van der Waals surface area (Å²) >= 11 is 0. The average molecular weight is 366 g/mol. The first-order valence-electron chi connectivity index (χ1n) is 8.90. The van der Waals surface area contributed by atoms with Gasteiger partial charge in [0, 0.05) is 12.5 Å². The van der Waals surface area contributed by atoms with Crippen molar-refractivity contribution in [3.63, 3.8) is 0 Å². The zero-order valence-corrected chi connectivity index (χ0v) is 15.3. The summed E-state index contributed by atoms with van der Waals surface area (Å²) in [5, 5.41) is 25.7. The number of ether oxygens (including phenoxy) is 1. The van der Waals surface area contributed by atoms with E-state index in [0.29, 0.717) is 6.42 Å². The van der Waals surface area contributed by atoms with E-state index in [9.17, 15) is 9.59 Å². The molecule has 1 unspecified atom stereocenters. The lowest BCUT2D eigenvalue weighted by Gasteiger charge is -2.08. The molecule has 1 rings (SSSR count). The molecule has 0 aliphatic heterocycles. The molecule has 1 atom stereocenters. The summed E-state index contributed by atoms with van der Waals surface area (Å²) < 4.78 is 4.75. The van der Waals surface area contributed by atoms with Crippen LogP contribution in [-0.4, -0.2) is 46.6 Å². The Hall–Kier alpha value is -2.18. The Morgan fingerprint density at radius 2 is 1.77 bits per heavy atom. The van der Waals surface area contributed by atoms with Crippen LogP contribution in [0.25, 0.3) is 6.08 Å². The maximum atomic E-state index is 11.1. The maximum Gasteiger partial charge on any atom is 0.328 e. The molecule has 0 aliphatic rings. The molecule has 146 valence electrons. The first-order valence-corrected chi connectivity index (χ1v) is 8.90. The molecule has 0 saturated heterocycles. The fraction of sp³-hybridized carbons (Fsp3) is 0.500. The molecule has 0 aromatic heterocycles. The monoisotopic (exact) mass is 366 g/mol. The molecule has 6 heteroatoms. The molecule has 26 heavy (non-hydrogen) atoms.